The number of hydrogen-bond donors (Lipinski definition) is 1. The van der Waals surface area contributed by atoms with Crippen LogP contribution >= 0.6 is 11.3 Å². The van der Waals surface area contributed by atoms with Crippen molar-refractivity contribution in [1.82, 2.24) is 15.1 Å². The number of amides is 2. The van der Waals surface area contributed by atoms with E-state index < -0.39 is 6.04 Å². The van der Waals surface area contributed by atoms with Crippen LogP contribution in [0.1, 0.15) is 42.8 Å². The molecular weight excluding hydrogens is 324 g/mol. The van der Waals surface area contributed by atoms with Crippen molar-refractivity contribution in [2.45, 2.75) is 45.7 Å². The predicted octanol–water partition coefficient (Wildman–Crippen LogP) is 2.57. The summed E-state index contributed by atoms with van der Waals surface area (Å²) in [6.07, 6.45) is 0.511. The van der Waals surface area contributed by atoms with Crippen LogP contribution in [0.4, 0.5) is 5.13 Å². The van der Waals surface area contributed by atoms with Gasteiger partial charge in [-0.2, -0.15) is 0 Å². The first-order valence-corrected chi connectivity index (χ1v) is 8.75. The average Bonchev–Trinajstić information content (AvgIpc) is 3.02. The number of aromatic nitrogens is 2. The third-order valence-electron chi connectivity index (χ3n) is 4.12. The first kappa shape index (κ1) is 16.6. The van der Waals surface area contributed by atoms with Crippen molar-refractivity contribution in [3.63, 3.8) is 0 Å². The normalized spacial score (nSPS) is 16.8. The number of rotatable bonds is 3. The van der Waals surface area contributed by atoms with Crippen LogP contribution in [0.25, 0.3) is 0 Å². The molecule has 2 aromatic rings. The van der Waals surface area contributed by atoms with E-state index in [0.717, 1.165) is 16.1 Å². The van der Waals surface area contributed by atoms with Gasteiger partial charge in [0.2, 0.25) is 16.9 Å². The summed E-state index contributed by atoms with van der Waals surface area (Å²) in [6, 6.07) is 7.39. The minimum Gasteiger partial charge on any atom is -0.326 e. The highest BCUT2D eigenvalue weighted by Crippen LogP contribution is 2.26. The summed E-state index contributed by atoms with van der Waals surface area (Å²) in [4.78, 5) is 26.3. The van der Waals surface area contributed by atoms with Crippen LogP contribution in [0.15, 0.2) is 24.3 Å². The molecule has 1 aliphatic heterocycles. The van der Waals surface area contributed by atoms with Gasteiger partial charge in [-0.25, -0.2) is 0 Å². The Balaban J connectivity index is 1.80. The molecule has 2 heterocycles. The third kappa shape index (κ3) is 3.31. The second-order valence-electron chi connectivity index (χ2n) is 6.22. The highest BCUT2D eigenvalue weighted by molar-refractivity contribution is 7.15. The monoisotopic (exact) mass is 344 g/mol. The lowest BCUT2D eigenvalue weighted by Crippen LogP contribution is -2.49. The molecule has 3 rings (SSSR count). The number of fused-ring (bicyclic) bond motifs is 1. The van der Waals surface area contributed by atoms with Crippen molar-refractivity contribution >= 4 is 28.3 Å². The molecule has 126 valence electrons. The quantitative estimate of drug-likeness (QED) is 0.928. The number of carbonyl (C=O) groups excluding carboxylic acids is 2. The van der Waals surface area contributed by atoms with Crippen LogP contribution in [-0.2, 0) is 22.6 Å². The number of anilines is 1. The van der Waals surface area contributed by atoms with E-state index in [1.165, 1.54) is 18.3 Å². The Labute approximate surface area is 144 Å². The van der Waals surface area contributed by atoms with Crippen molar-refractivity contribution in [2.24, 2.45) is 0 Å². The second kappa shape index (κ2) is 6.68. The maximum absolute atomic E-state index is 12.7. The van der Waals surface area contributed by atoms with Gasteiger partial charge in [-0.15, -0.1) is 10.2 Å². The smallest absolute Gasteiger partial charge is 0.249 e. The van der Waals surface area contributed by atoms with Crippen LogP contribution in [0.2, 0.25) is 0 Å². The topological polar surface area (TPSA) is 75.2 Å². The Morgan fingerprint density at radius 2 is 1.96 bits per heavy atom. The van der Waals surface area contributed by atoms with E-state index in [1.54, 1.807) is 4.90 Å². The zero-order valence-corrected chi connectivity index (χ0v) is 14.8. The molecule has 1 atom stereocenters. The Bertz CT molecular complexity index is 771. The first-order valence-electron chi connectivity index (χ1n) is 7.94. The zero-order valence-electron chi connectivity index (χ0n) is 13.9. The fraction of sp³-hybridized carbons (Fsp3) is 0.412. The number of nitrogens with one attached hydrogen (secondary N) is 1. The van der Waals surface area contributed by atoms with Crippen LogP contribution in [-0.4, -0.2) is 33.0 Å². The highest BCUT2D eigenvalue weighted by Gasteiger charge is 2.33. The predicted molar refractivity (Wildman–Crippen MR) is 92.8 cm³/mol. The number of benzene rings is 1. The second-order valence-corrected chi connectivity index (χ2v) is 7.23. The number of nitrogens with zero attached hydrogens (tertiary/aromatic N) is 3. The first-order chi connectivity index (χ1) is 11.5. The average molecular weight is 344 g/mol. The van der Waals surface area contributed by atoms with Gasteiger partial charge in [0.15, 0.2) is 0 Å². The number of hydrogen-bond acceptors (Lipinski definition) is 5. The molecule has 0 bridgehead atoms. The molecule has 0 fully saturated rings. The molecule has 0 unspecified atom stereocenters. The molecular formula is C17H20N4O2S. The van der Waals surface area contributed by atoms with Crippen LogP contribution in [0.5, 0.6) is 0 Å². The van der Waals surface area contributed by atoms with Gasteiger partial charge < -0.3 is 4.90 Å². The van der Waals surface area contributed by atoms with Gasteiger partial charge in [-0.05, 0) is 11.1 Å². The highest BCUT2D eigenvalue weighted by atomic mass is 32.1. The minimum absolute atomic E-state index is 0.107. The summed E-state index contributed by atoms with van der Waals surface area (Å²) in [5, 5.41) is 12.3. The molecule has 1 aromatic heterocycles. The summed E-state index contributed by atoms with van der Waals surface area (Å²) in [6.45, 7) is 6.01. The van der Waals surface area contributed by atoms with E-state index in [0.29, 0.717) is 18.1 Å². The molecule has 0 radical (unpaired) electrons. The van der Waals surface area contributed by atoms with Gasteiger partial charge in [0.25, 0.3) is 0 Å². The lowest BCUT2D eigenvalue weighted by Gasteiger charge is -2.35. The zero-order chi connectivity index (χ0) is 17.3. The maximum Gasteiger partial charge on any atom is 0.249 e. The Morgan fingerprint density at radius 3 is 2.58 bits per heavy atom. The lowest BCUT2D eigenvalue weighted by molar-refractivity contribution is -0.138. The van der Waals surface area contributed by atoms with E-state index >= 15 is 0 Å². The molecule has 1 aliphatic rings. The van der Waals surface area contributed by atoms with Crippen molar-refractivity contribution in [3.8, 4) is 0 Å². The van der Waals surface area contributed by atoms with Gasteiger partial charge in [0, 0.05) is 25.8 Å². The molecule has 0 aliphatic carbocycles. The van der Waals surface area contributed by atoms with E-state index in [2.05, 4.69) is 15.5 Å². The van der Waals surface area contributed by atoms with Crippen LogP contribution < -0.4 is 5.32 Å². The minimum atomic E-state index is -0.524. The van der Waals surface area contributed by atoms with Crippen molar-refractivity contribution in [3.05, 3.63) is 40.4 Å². The van der Waals surface area contributed by atoms with Gasteiger partial charge in [-0.1, -0.05) is 49.4 Å². The Kier molecular flexibility index (Phi) is 4.62. The fourth-order valence-corrected chi connectivity index (χ4v) is 3.54. The van der Waals surface area contributed by atoms with Gasteiger partial charge >= 0.3 is 0 Å². The molecule has 0 spiro atoms. The van der Waals surface area contributed by atoms with E-state index in [-0.39, 0.29) is 17.7 Å². The number of carbonyl (C=O) groups is 2. The van der Waals surface area contributed by atoms with Crippen molar-refractivity contribution < 1.29 is 9.59 Å². The molecule has 1 N–H and O–H groups in total. The third-order valence-corrected chi connectivity index (χ3v) is 5.26. The molecule has 7 heteroatoms. The van der Waals surface area contributed by atoms with Crippen molar-refractivity contribution in [2.75, 3.05) is 5.32 Å². The summed E-state index contributed by atoms with van der Waals surface area (Å²) in [7, 11) is 0. The summed E-state index contributed by atoms with van der Waals surface area (Å²) in [5.74, 6) is -0.0561. The van der Waals surface area contributed by atoms with E-state index in [4.69, 9.17) is 0 Å². The van der Waals surface area contributed by atoms with Crippen molar-refractivity contribution in [1.29, 1.82) is 0 Å². The molecule has 1 aromatic carbocycles. The Morgan fingerprint density at radius 1 is 1.25 bits per heavy atom. The molecule has 6 nitrogen and oxygen atoms in total. The Hall–Kier alpha value is -2.28. The SMILES string of the molecule is CC(=O)N1Cc2ccccc2C[C@@H]1C(=O)Nc1nnc(C(C)C)s1. The molecule has 0 saturated carbocycles. The summed E-state index contributed by atoms with van der Waals surface area (Å²) in [5.41, 5.74) is 2.20. The van der Waals surface area contributed by atoms with Crippen LogP contribution in [0, 0.1) is 0 Å². The standard InChI is InChI=1S/C17H20N4O2S/c1-10(2)16-19-20-17(24-16)18-15(23)14-8-12-6-4-5-7-13(12)9-21(14)11(3)22/h4-7,10,14H,8-9H2,1-3H3,(H,18,20,23)/t14-/m1/s1. The van der Waals surface area contributed by atoms with Gasteiger partial charge in [-0.3, -0.25) is 14.9 Å². The fourth-order valence-electron chi connectivity index (χ4n) is 2.80. The largest absolute Gasteiger partial charge is 0.326 e. The summed E-state index contributed by atoms with van der Waals surface area (Å²) >= 11 is 1.37. The van der Waals surface area contributed by atoms with Crippen LogP contribution in [0.3, 0.4) is 0 Å². The van der Waals surface area contributed by atoms with E-state index in [1.807, 2.05) is 38.1 Å². The molecule has 2 amide bonds. The van der Waals surface area contributed by atoms with Gasteiger partial charge in [0.05, 0.1) is 0 Å². The molecule has 24 heavy (non-hydrogen) atoms. The van der Waals surface area contributed by atoms with Gasteiger partial charge in [0.1, 0.15) is 11.0 Å². The summed E-state index contributed by atoms with van der Waals surface area (Å²) < 4.78 is 0. The van der Waals surface area contributed by atoms with E-state index in [9.17, 15) is 9.59 Å². The maximum atomic E-state index is 12.7. The lowest BCUT2D eigenvalue weighted by atomic mass is 9.93. The molecule has 0 saturated heterocycles.